The van der Waals surface area contributed by atoms with E-state index in [9.17, 15) is 0 Å². The smallest absolute Gasteiger partial charge is 0.0655 e. The van der Waals surface area contributed by atoms with E-state index < -0.39 is 0 Å². The minimum absolute atomic E-state index is 0.240. The van der Waals surface area contributed by atoms with Crippen molar-refractivity contribution >= 4 is 0 Å². The van der Waals surface area contributed by atoms with Crippen LogP contribution in [-0.4, -0.2) is 12.2 Å². The normalized spacial score (nSPS) is 26.0. The maximum absolute atomic E-state index is 5.79. The van der Waals surface area contributed by atoms with Crippen LogP contribution in [0.2, 0.25) is 0 Å². The summed E-state index contributed by atoms with van der Waals surface area (Å²) in [7, 11) is 0. The molecule has 1 saturated heterocycles. The third-order valence-corrected chi connectivity index (χ3v) is 3.61. The van der Waals surface area contributed by atoms with Gasteiger partial charge in [-0.3, -0.25) is 0 Å². The Bertz CT molecular complexity index is 147. The maximum atomic E-state index is 5.79. The van der Waals surface area contributed by atoms with Crippen LogP contribution in [0, 0.1) is 0 Å². The Balaban J connectivity index is 1.88. The van der Waals surface area contributed by atoms with Crippen molar-refractivity contribution in [2.45, 2.75) is 83.7 Å². The van der Waals surface area contributed by atoms with Crippen LogP contribution in [-0.2, 0) is 4.74 Å². The van der Waals surface area contributed by atoms with Gasteiger partial charge in [0.25, 0.3) is 0 Å². The third-order valence-electron chi connectivity index (χ3n) is 3.61. The van der Waals surface area contributed by atoms with Crippen molar-refractivity contribution in [1.82, 2.24) is 0 Å². The van der Waals surface area contributed by atoms with Crippen LogP contribution in [0.4, 0.5) is 0 Å². The molecule has 1 heteroatoms. The summed E-state index contributed by atoms with van der Waals surface area (Å²) in [5.74, 6) is 0. The van der Waals surface area contributed by atoms with Crippen LogP contribution in [0.25, 0.3) is 0 Å². The van der Waals surface area contributed by atoms with E-state index in [0.29, 0.717) is 0 Å². The van der Waals surface area contributed by atoms with Gasteiger partial charge in [-0.15, -0.1) is 0 Å². The topological polar surface area (TPSA) is 9.23 Å². The summed E-state index contributed by atoms with van der Waals surface area (Å²) in [6.45, 7) is 5.56. The van der Waals surface area contributed by atoms with E-state index in [4.69, 9.17) is 4.74 Å². The molecule has 0 aromatic rings. The standard InChI is InChI=1S/C14H28O/c1-3-4-5-6-7-8-9-11-14(2)12-10-13-15-14/h3-13H2,1-2H3. The second-order valence-corrected chi connectivity index (χ2v) is 5.27. The van der Waals surface area contributed by atoms with Crippen LogP contribution in [0.5, 0.6) is 0 Å². The van der Waals surface area contributed by atoms with Crippen molar-refractivity contribution in [2.75, 3.05) is 6.61 Å². The first-order valence-electron chi connectivity index (χ1n) is 6.91. The van der Waals surface area contributed by atoms with Crippen LogP contribution < -0.4 is 0 Å². The Morgan fingerprint density at radius 2 is 1.67 bits per heavy atom. The molecular weight excluding hydrogens is 184 g/mol. The van der Waals surface area contributed by atoms with Crippen LogP contribution in [0.1, 0.15) is 78.1 Å². The zero-order valence-corrected chi connectivity index (χ0v) is 10.7. The maximum Gasteiger partial charge on any atom is 0.0655 e. The first kappa shape index (κ1) is 13.0. The molecule has 0 saturated carbocycles. The quantitative estimate of drug-likeness (QED) is 0.530. The number of rotatable bonds is 8. The number of unbranched alkanes of at least 4 members (excludes halogenated alkanes) is 6. The lowest BCUT2D eigenvalue weighted by molar-refractivity contribution is 0.0113. The molecule has 1 fully saturated rings. The highest BCUT2D eigenvalue weighted by molar-refractivity contribution is 4.79. The lowest BCUT2D eigenvalue weighted by Crippen LogP contribution is -2.22. The molecule has 1 aliphatic heterocycles. The molecule has 1 unspecified atom stereocenters. The molecule has 1 nitrogen and oxygen atoms in total. The van der Waals surface area contributed by atoms with Gasteiger partial charge in [-0.2, -0.15) is 0 Å². The minimum Gasteiger partial charge on any atom is -0.375 e. The lowest BCUT2D eigenvalue weighted by atomic mass is 9.95. The Morgan fingerprint density at radius 3 is 2.27 bits per heavy atom. The first-order chi connectivity index (χ1) is 7.27. The third kappa shape index (κ3) is 5.55. The first-order valence-corrected chi connectivity index (χ1v) is 6.91. The van der Waals surface area contributed by atoms with Crippen molar-refractivity contribution in [3.63, 3.8) is 0 Å². The molecule has 0 aromatic heterocycles. The molecule has 0 aromatic carbocycles. The molecule has 0 amide bonds. The predicted molar refractivity (Wildman–Crippen MR) is 66.2 cm³/mol. The monoisotopic (exact) mass is 212 g/mol. The average molecular weight is 212 g/mol. The second kappa shape index (κ2) is 7.27. The van der Waals surface area contributed by atoms with Crippen LogP contribution >= 0.6 is 0 Å². The zero-order chi connectivity index (χ0) is 11.0. The van der Waals surface area contributed by atoms with Crippen molar-refractivity contribution < 1.29 is 4.74 Å². The highest BCUT2D eigenvalue weighted by Gasteiger charge is 2.28. The molecule has 1 heterocycles. The molecule has 0 spiro atoms. The highest BCUT2D eigenvalue weighted by Crippen LogP contribution is 2.30. The SMILES string of the molecule is CCCCCCCCCC1(C)CCCO1. The van der Waals surface area contributed by atoms with Crippen LogP contribution in [0.15, 0.2) is 0 Å². The fourth-order valence-corrected chi connectivity index (χ4v) is 2.49. The van der Waals surface area contributed by atoms with Crippen molar-refractivity contribution in [3.8, 4) is 0 Å². The van der Waals surface area contributed by atoms with Gasteiger partial charge in [-0.25, -0.2) is 0 Å². The summed E-state index contributed by atoms with van der Waals surface area (Å²) in [6.07, 6.45) is 13.7. The van der Waals surface area contributed by atoms with Gasteiger partial charge in [-0.1, -0.05) is 51.9 Å². The molecular formula is C14H28O. The van der Waals surface area contributed by atoms with Gasteiger partial charge in [0.2, 0.25) is 0 Å². The summed E-state index contributed by atoms with van der Waals surface area (Å²) < 4.78 is 5.79. The van der Waals surface area contributed by atoms with Gasteiger partial charge in [-0.05, 0) is 26.2 Å². The van der Waals surface area contributed by atoms with E-state index in [-0.39, 0.29) is 5.60 Å². The van der Waals surface area contributed by atoms with E-state index in [0.717, 1.165) is 6.61 Å². The van der Waals surface area contributed by atoms with E-state index >= 15 is 0 Å². The van der Waals surface area contributed by atoms with Gasteiger partial charge < -0.3 is 4.74 Å². The Kier molecular flexibility index (Phi) is 6.31. The minimum atomic E-state index is 0.240. The van der Waals surface area contributed by atoms with Crippen molar-refractivity contribution in [2.24, 2.45) is 0 Å². The van der Waals surface area contributed by atoms with Gasteiger partial charge >= 0.3 is 0 Å². The molecule has 15 heavy (non-hydrogen) atoms. The highest BCUT2D eigenvalue weighted by atomic mass is 16.5. The zero-order valence-electron chi connectivity index (χ0n) is 10.7. The summed E-state index contributed by atoms with van der Waals surface area (Å²) in [5, 5.41) is 0. The molecule has 1 aliphatic rings. The molecule has 0 bridgehead atoms. The number of hydrogen-bond acceptors (Lipinski definition) is 1. The lowest BCUT2D eigenvalue weighted by Gasteiger charge is -2.22. The average Bonchev–Trinajstić information content (AvgIpc) is 2.64. The van der Waals surface area contributed by atoms with E-state index in [2.05, 4.69) is 13.8 Å². The van der Waals surface area contributed by atoms with Crippen molar-refractivity contribution in [1.29, 1.82) is 0 Å². The largest absolute Gasteiger partial charge is 0.375 e. The predicted octanol–water partition coefficient (Wildman–Crippen LogP) is 4.70. The van der Waals surface area contributed by atoms with Gasteiger partial charge in [0.1, 0.15) is 0 Å². The molecule has 0 N–H and O–H groups in total. The summed E-state index contributed by atoms with van der Waals surface area (Å²) in [5.41, 5.74) is 0.240. The second-order valence-electron chi connectivity index (χ2n) is 5.27. The fraction of sp³-hybridized carbons (Fsp3) is 1.00. The van der Waals surface area contributed by atoms with E-state index in [1.807, 2.05) is 0 Å². The van der Waals surface area contributed by atoms with Crippen molar-refractivity contribution in [3.05, 3.63) is 0 Å². The molecule has 0 radical (unpaired) electrons. The van der Waals surface area contributed by atoms with E-state index in [1.165, 1.54) is 64.2 Å². The summed E-state index contributed by atoms with van der Waals surface area (Å²) >= 11 is 0. The number of ether oxygens (including phenoxy) is 1. The van der Waals surface area contributed by atoms with E-state index in [1.54, 1.807) is 0 Å². The summed E-state index contributed by atoms with van der Waals surface area (Å²) in [4.78, 5) is 0. The van der Waals surface area contributed by atoms with Crippen LogP contribution in [0.3, 0.4) is 0 Å². The molecule has 1 atom stereocenters. The fourth-order valence-electron chi connectivity index (χ4n) is 2.49. The Hall–Kier alpha value is -0.0400. The van der Waals surface area contributed by atoms with Gasteiger partial charge in [0.15, 0.2) is 0 Å². The Labute approximate surface area is 95.6 Å². The Morgan fingerprint density at radius 1 is 1.00 bits per heavy atom. The molecule has 1 rings (SSSR count). The number of hydrogen-bond donors (Lipinski definition) is 0. The van der Waals surface area contributed by atoms with Gasteiger partial charge in [0.05, 0.1) is 5.60 Å². The molecule has 0 aliphatic carbocycles. The molecule has 90 valence electrons. The van der Waals surface area contributed by atoms with Gasteiger partial charge in [0, 0.05) is 6.61 Å². The summed E-state index contributed by atoms with van der Waals surface area (Å²) in [6, 6.07) is 0.